The molecule has 0 bridgehead atoms. The van der Waals surface area contributed by atoms with Gasteiger partial charge in [0.2, 0.25) is 0 Å². The lowest BCUT2D eigenvalue weighted by molar-refractivity contribution is -0.115. The van der Waals surface area contributed by atoms with E-state index in [0.717, 1.165) is 6.42 Å². The van der Waals surface area contributed by atoms with Gasteiger partial charge in [0, 0.05) is 6.54 Å². The smallest absolute Gasteiger partial charge is 0.339 e. The number of esters is 1. The summed E-state index contributed by atoms with van der Waals surface area (Å²) in [6.45, 7) is 8.93. The highest BCUT2D eigenvalue weighted by Crippen LogP contribution is 2.26. The maximum atomic E-state index is 11.9. The summed E-state index contributed by atoms with van der Waals surface area (Å²) in [5, 5.41) is 21.5. The highest BCUT2D eigenvalue weighted by Gasteiger charge is 2.26. The standard InChI is InChI=1S/C16H11NO3.C9H21NO/c17-10-12-6-8-14(9-7-12)16(19)20-15(11-18)13-4-2-1-3-5-13;1-8(2,3)6-9(4,11)7-10-5/h1-9,11,15H;10-11H,6-7H2,1-5H3. The summed E-state index contributed by atoms with van der Waals surface area (Å²) < 4.78 is 5.16. The monoisotopic (exact) mass is 424 g/mol. The van der Waals surface area contributed by atoms with Crippen LogP contribution >= 0.6 is 0 Å². The van der Waals surface area contributed by atoms with E-state index in [2.05, 4.69) is 26.1 Å². The second kappa shape index (κ2) is 12.0. The number of carbonyl (C=O) groups is 2. The largest absolute Gasteiger partial charge is 0.446 e. The molecule has 2 N–H and O–H groups in total. The van der Waals surface area contributed by atoms with Crippen LogP contribution in [-0.4, -0.2) is 36.6 Å². The van der Waals surface area contributed by atoms with E-state index in [0.29, 0.717) is 29.5 Å². The molecule has 0 aliphatic carbocycles. The number of carbonyl (C=O) groups excluding carboxylic acids is 2. The summed E-state index contributed by atoms with van der Waals surface area (Å²) in [5.74, 6) is -0.601. The van der Waals surface area contributed by atoms with Gasteiger partial charge in [-0.25, -0.2) is 4.79 Å². The van der Waals surface area contributed by atoms with Crippen LogP contribution in [0.4, 0.5) is 0 Å². The van der Waals surface area contributed by atoms with Crippen LogP contribution in [0.3, 0.4) is 0 Å². The first-order chi connectivity index (χ1) is 14.5. The molecule has 0 saturated carbocycles. The topological polar surface area (TPSA) is 99.4 Å². The van der Waals surface area contributed by atoms with Crippen molar-refractivity contribution in [3.05, 3.63) is 71.3 Å². The lowest BCUT2D eigenvalue weighted by Gasteiger charge is -2.30. The Labute approximate surface area is 184 Å². The number of nitrogens with one attached hydrogen (secondary N) is 1. The van der Waals surface area contributed by atoms with Crippen LogP contribution in [0.25, 0.3) is 0 Å². The van der Waals surface area contributed by atoms with Crippen molar-refractivity contribution in [2.45, 2.75) is 45.8 Å². The van der Waals surface area contributed by atoms with E-state index < -0.39 is 17.7 Å². The van der Waals surface area contributed by atoms with E-state index >= 15 is 0 Å². The Morgan fingerprint density at radius 1 is 1.13 bits per heavy atom. The number of aldehydes is 1. The third kappa shape index (κ3) is 10.0. The molecule has 0 heterocycles. The van der Waals surface area contributed by atoms with Crippen molar-refractivity contribution in [2.75, 3.05) is 13.6 Å². The second-order valence-electron chi connectivity index (χ2n) is 8.83. The Hall–Kier alpha value is -3.01. The van der Waals surface area contributed by atoms with Crippen LogP contribution in [0.5, 0.6) is 0 Å². The van der Waals surface area contributed by atoms with Crippen LogP contribution in [0.15, 0.2) is 54.6 Å². The van der Waals surface area contributed by atoms with Gasteiger partial charge in [-0.1, -0.05) is 51.1 Å². The van der Waals surface area contributed by atoms with Gasteiger partial charge < -0.3 is 15.2 Å². The van der Waals surface area contributed by atoms with Crippen LogP contribution in [0.1, 0.15) is 61.7 Å². The van der Waals surface area contributed by atoms with Crippen molar-refractivity contribution in [3.8, 4) is 6.07 Å². The molecule has 0 amide bonds. The van der Waals surface area contributed by atoms with Crippen LogP contribution in [0.2, 0.25) is 0 Å². The number of benzene rings is 2. The van der Waals surface area contributed by atoms with Crippen molar-refractivity contribution in [2.24, 2.45) is 5.41 Å². The Kier molecular flexibility index (Phi) is 10.1. The molecule has 0 aliphatic rings. The Morgan fingerprint density at radius 2 is 1.71 bits per heavy atom. The van der Waals surface area contributed by atoms with Gasteiger partial charge in [0.15, 0.2) is 12.4 Å². The quantitative estimate of drug-likeness (QED) is 0.514. The zero-order valence-corrected chi connectivity index (χ0v) is 18.9. The van der Waals surface area contributed by atoms with E-state index in [9.17, 15) is 14.7 Å². The molecular formula is C25H32N2O4. The van der Waals surface area contributed by atoms with Gasteiger partial charge in [0.25, 0.3) is 0 Å². The van der Waals surface area contributed by atoms with Gasteiger partial charge in [0.05, 0.1) is 22.8 Å². The number of rotatable bonds is 7. The number of nitrogens with zero attached hydrogens (tertiary/aromatic N) is 1. The molecule has 2 unspecified atom stereocenters. The van der Waals surface area contributed by atoms with Crippen LogP contribution in [-0.2, 0) is 9.53 Å². The summed E-state index contributed by atoms with van der Waals surface area (Å²) in [6.07, 6.45) is 0.469. The van der Waals surface area contributed by atoms with Gasteiger partial charge in [-0.2, -0.15) is 5.26 Å². The number of hydrogen-bond acceptors (Lipinski definition) is 6. The fourth-order valence-corrected chi connectivity index (χ4v) is 3.27. The molecule has 31 heavy (non-hydrogen) atoms. The minimum Gasteiger partial charge on any atom is -0.446 e. The molecule has 0 radical (unpaired) electrons. The summed E-state index contributed by atoms with van der Waals surface area (Å²) in [4.78, 5) is 23.0. The summed E-state index contributed by atoms with van der Waals surface area (Å²) >= 11 is 0. The van der Waals surface area contributed by atoms with Crippen LogP contribution in [0, 0.1) is 16.7 Å². The van der Waals surface area contributed by atoms with Crippen LogP contribution < -0.4 is 5.32 Å². The number of ether oxygens (including phenoxy) is 1. The van der Waals surface area contributed by atoms with Crippen molar-refractivity contribution < 1.29 is 19.4 Å². The van der Waals surface area contributed by atoms with E-state index in [4.69, 9.17) is 10.00 Å². The Morgan fingerprint density at radius 3 is 2.16 bits per heavy atom. The third-order valence-corrected chi connectivity index (χ3v) is 4.20. The summed E-state index contributed by atoms with van der Waals surface area (Å²) in [5.41, 5.74) is 0.987. The van der Waals surface area contributed by atoms with Crippen molar-refractivity contribution >= 4 is 12.3 Å². The maximum Gasteiger partial charge on any atom is 0.339 e. The molecule has 166 valence electrons. The predicted molar refractivity (Wildman–Crippen MR) is 120 cm³/mol. The fraction of sp³-hybridized carbons (Fsp3) is 0.400. The van der Waals surface area contributed by atoms with Crippen molar-refractivity contribution in [1.82, 2.24) is 5.32 Å². The molecule has 6 heteroatoms. The first kappa shape index (κ1) is 26.0. The summed E-state index contributed by atoms with van der Waals surface area (Å²) in [6, 6.07) is 16.8. The second-order valence-corrected chi connectivity index (χ2v) is 8.83. The zero-order chi connectivity index (χ0) is 23.5. The molecular weight excluding hydrogens is 392 g/mol. The first-order valence-corrected chi connectivity index (χ1v) is 10.1. The third-order valence-electron chi connectivity index (χ3n) is 4.20. The van der Waals surface area contributed by atoms with Crippen molar-refractivity contribution in [3.63, 3.8) is 0 Å². The minimum absolute atomic E-state index is 0.195. The Balaban J connectivity index is 0.000000373. The van der Waals surface area contributed by atoms with Gasteiger partial charge in [-0.15, -0.1) is 0 Å². The van der Waals surface area contributed by atoms with Gasteiger partial charge in [-0.05, 0) is 55.6 Å². The number of aliphatic hydroxyl groups is 1. The highest BCUT2D eigenvalue weighted by atomic mass is 16.5. The van der Waals surface area contributed by atoms with E-state index in [1.807, 2.05) is 26.1 Å². The molecule has 0 aliphatic heterocycles. The van der Waals surface area contributed by atoms with Gasteiger partial charge in [0.1, 0.15) is 0 Å². The number of nitriles is 1. The summed E-state index contributed by atoms with van der Waals surface area (Å²) in [7, 11) is 1.86. The van der Waals surface area contributed by atoms with E-state index in [1.54, 1.807) is 24.3 Å². The lowest BCUT2D eigenvalue weighted by Crippen LogP contribution is -2.39. The molecule has 0 spiro atoms. The Bertz CT molecular complexity index is 863. The predicted octanol–water partition coefficient (Wildman–Crippen LogP) is 4.05. The number of likely N-dealkylation sites (N-methyl/N-ethyl adjacent to an activating group) is 1. The van der Waals surface area contributed by atoms with E-state index in [-0.39, 0.29) is 5.41 Å². The number of hydrogen-bond donors (Lipinski definition) is 2. The molecule has 2 aromatic rings. The lowest BCUT2D eigenvalue weighted by atomic mass is 9.83. The molecule has 0 aromatic heterocycles. The fourth-order valence-electron chi connectivity index (χ4n) is 3.27. The average Bonchev–Trinajstić information content (AvgIpc) is 2.71. The van der Waals surface area contributed by atoms with Gasteiger partial charge in [-0.3, -0.25) is 4.79 Å². The maximum absolute atomic E-state index is 11.9. The minimum atomic E-state index is -0.931. The molecule has 0 saturated heterocycles. The molecule has 2 rings (SSSR count). The normalized spacial score (nSPS) is 13.6. The molecule has 2 atom stereocenters. The first-order valence-electron chi connectivity index (χ1n) is 10.1. The molecule has 0 fully saturated rings. The molecule has 6 nitrogen and oxygen atoms in total. The average molecular weight is 425 g/mol. The highest BCUT2D eigenvalue weighted by molar-refractivity contribution is 5.90. The van der Waals surface area contributed by atoms with E-state index in [1.165, 1.54) is 24.3 Å². The molecule has 2 aromatic carbocycles. The van der Waals surface area contributed by atoms with Crippen molar-refractivity contribution in [1.29, 1.82) is 5.26 Å². The SMILES string of the molecule is CNCC(C)(O)CC(C)(C)C.N#Cc1ccc(C(=O)OC(C=O)c2ccccc2)cc1. The zero-order valence-electron chi connectivity index (χ0n) is 18.9. The van der Waals surface area contributed by atoms with Gasteiger partial charge >= 0.3 is 5.97 Å².